The molecule has 0 bridgehead atoms. The summed E-state index contributed by atoms with van der Waals surface area (Å²) in [6.45, 7) is 0.854. The van der Waals surface area contributed by atoms with Crippen molar-refractivity contribution in [2.24, 2.45) is 5.73 Å². The molecule has 0 spiro atoms. The standard InChI is InChI=1S/C19H19ClN6O2S/c20-11-3-4-14(21)13(8-11)19(17(22)27)25-15-5-7-26(10-16(15)29-19)18(28)24-12-2-1-6-23-9-12/h1-4,6,8-9,25H,5,7,10,21H2,(H2,22,27)(H,24,28). The minimum atomic E-state index is -1.25. The third-order valence-corrected chi connectivity index (χ3v) is 6.53. The molecular weight excluding hydrogens is 412 g/mol. The van der Waals surface area contributed by atoms with Crippen LogP contribution in [0.4, 0.5) is 16.2 Å². The van der Waals surface area contributed by atoms with Crippen LogP contribution in [0.3, 0.4) is 0 Å². The summed E-state index contributed by atoms with van der Waals surface area (Å²) >= 11 is 7.41. The highest BCUT2D eigenvalue weighted by Crippen LogP contribution is 2.49. The summed E-state index contributed by atoms with van der Waals surface area (Å²) in [6.07, 6.45) is 3.79. The van der Waals surface area contributed by atoms with Crippen molar-refractivity contribution in [3.8, 4) is 0 Å². The summed E-state index contributed by atoms with van der Waals surface area (Å²) in [4.78, 5) is 30.4. The van der Waals surface area contributed by atoms with Crippen LogP contribution < -0.4 is 22.1 Å². The van der Waals surface area contributed by atoms with Gasteiger partial charge in [-0.15, -0.1) is 0 Å². The molecule has 2 aromatic rings. The number of hydrogen-bond donors (Lipinski definition) is 4. The Balaban J connectivity index is 1.55. The molecule has 2 aliphatic heterocycles. The Morgan fingerprint density at radius 3 is 2.90 bits per heavy atom. The molecule has 0 aliphatic carbocycles. The molecule has 0 saturated carbocycles. The number of urea groups is 1. The molecule has 2 aliphatic rings. The first-order valence-electron chi connectivity index (χ1n) is 8.89. The van der Waals surface area contributed by atoms with Gasteiger partial charge in [0.15, 0.2) is 4.87 Å². The average Bonchev–Trinajstić information content (AvgIpc) is 3.10. The summed E-state index contributed by atoms with van der Waals surface area (Å²) in [5.41, 5.74) is 14.4. The molecular formula is C19H19ClN6O2S. The lowest BCUT2D eigenvalue weighted by Gasteiger charge is -2.28. The highest BCUT2D eigenvalue weighted by Gasteiger charge is 2.48. The van der Waals surface area contributed by atoms with Gasteiger partial charge in [-0.3, -0.25) is 9.78 Å². The van der Waals surface area contributed by atoms with E-state index in [0.29, 0.717) is 41.5 Å². The number of thioether (sulfide) groups is 1. The molecule has 8 nitrogen and oxygen atoms in total. The van der Waals surface area contributed by atoms with E-state index in [1.54, 1.807) is 47.6 Å². The predicted octanol–water partition coefficient (Wildman–Crippen LogP) is 2.44. The quantitative estimate of drug-likeness (QED) is 0.554. The second-order valence-electron chi connectivity index (χ2n) is 6.75. The Kier molecular flexibility index (Phi) is 5.01. The Labute approximate surface area is 176 Å². The maximum absolute atomic E-state index is 12.6. The van der Waals surface area contributed by atoms with Crippen molar-refractivity contribution in [1.29, 1.82) is 0 Å². The lowest BCUT2D eigenvalue weighted by Crippen LogP contribution is -2.47. The van der Waals surface area contributed by atoms with E-state index < -0.39 is 10.8 Å². The summed E-state index contributed by atoms with van der Waals surface area (Å²) in [5.74, 6) is -0.572. The number of anilines is 2. The first-order valence-corrected chi connectivity index (χ1v) is 10.1. The molecule has 3 amide bonds. The van der Waals surface area contributed by atoms with Gasteiger partial charge in [0.25, 0.3) is 5.91 Å². The van der Waals surface area contributed by atoms with E-state index in [0.717, 1.165) is 10.6 Å². The molecule has 1 unspecified atom stereocenters. The molecule has 0 radical (unpaired) electrons. The molecule has 29 heavy (non-hydrogen) atoms. The first-order chi connectivity index (χ1) is 13.9. The largest absolute Gasteiger partial charge is 0.398 e. The van der Waals surface area contributed by atoms with Gasteiger partial charge in [-0.25, -0.2) is 4.79 Å². The molecule has 1 aromatic carbocycles. The number of aromatic nitrogens is 1. The SMILES string of the molecule is NC(=O)C1(c2cc(Cl)ccc2N)NC2=C(CN(C(=O)Nc3cccnc3)CC2)S1. The van der Waals surface area contributed by atoms with Crippen LogP contribution in [0.2, 0.25) is 5.02 Å². The van der Waals surface area contributed by atoms with Gasteiger partial charge in [0.05, 0.1) is 18.4 Å². The third-order valence-electron chi connectivity index (χ3n) is 4.85. The number of hydrogen-bond acceptors (Lipinski definition) is 6. The number of benzene rings is 1. The summed E-state index contributed by atoms with van der Waals surface area (Å²) < 4.78 is 0. The van der Waals surface area contributed by atoms with Crippen molar-refractivity contribution in [3.05, 3.63) is 63.9 Å². The molecule has 1 aromatic heterocycles. The Morgan fingerprint density at radius 1 is 1.34 bits per heavy atom. The molecule has 3 heterocycles. The fourth-order valence-corrected chi connectivity index (χ4v) is 5.00. The zero-order valence-corrected chi connectivity index (χ0v) is 16.9. The normalized spacial score (nSPS) is 20.8. The highest BCUT2D eigenvalue weighted by molar-refractivity contribution is 8.05. The number of nitrogens with one attached hydrogen (secondary N) is 2. The van der Waals surface area contributed by atoms with Gasteiger partial charge in [-0.1, -0.05) is 23.4 Å². The Morgan fingerprint density at radius 2 is 2.17 bits per heavy atom. The number of halogens is 1. The first kappa shape index (κ1) is 19.4. The average molecular weight is 431 g/mol. The van der Waals surface area contributed by atoms with E-state index in [1.807, 2.05) is 0 Å². The molecule has 4 rings (SSSR count). The van der Waals surface area contributed by atoms with Crippen molar-refractivity contribution in [2.75, 3.05) is 24.1 Å². The number of primary amides is 1. The van der Waals surface area contributed by atoms with Crippen LogP contribution >= 0.6 is 23.4 Å². The number of carbonyl (C=O) groups excluding carboxylic acids is 2. The van der Waals surface area contributed by atoms with Crippen molar-refractivity contribution in [3.63, 3.8) is 0 Å². The fourth-order valence-electron chi connectivity index (χ4n) is 3.40. The molecule has 10 heteroatoms. The Bertz CT molecular complexity index is 1020. The lowest BCUT2D eigenvalue weighted by molar-refractivity contribution is -0.121. The van der Waals surface area contributed by atoms with Crippen LogP contribution in [0.1, 0.15) is 12.0 Å². The second-order valence-corrected chi connectivity index (χ2v) is 8.49. The minimum absolute atomic E-state index is 0.232. The van der Waals surface area contributed by atoms with E-state index in [-0.39, 0.29) is 6.03 Å². The molecule has 1 atom stereocenters. The number of nitrogens with two attached hydrogens (primary N) is 2. The van der Waals surface area contributed by atoms with E-state index in [2.05, 4.69) is 15.6 Å². The molecule has 150 valence electrons. The van der Waals surface area contributed by atoms with Gasteiger partial charge in [0.2, 0.25) is 0 Å². The van der Waals surface area contributed by atoms with Gasteiger partial charge in [0, 0.05) is 46.0 Å². The smallest absolute Gasteiger partial charge is 0.322 e. The van der Waals surface area contributed by atoms with Crippen molar-refractivity contribution in [2.45, 2.75) is 11.3 Å². The fraction of sp³-hybridized carbons (Fsp3) is 0.211. The van der Waals surface area contributed by atoms with E-state index in [1.165, 1.54) is 11.8 Å². The van der Waals surface area contributed by atoms with Crippen LogP contribution in [0.25, 0.3) is 0 Å². The van der Waals surface area contributed by atoms with E-state index in [9.17, 15) is 9.59 Å². The van der Waals surface area contributed by atoms with Crippen molar-refractivity contribution < 1.29 is 9.59 Å². The van der Waals surface area contributed by atoms with Crippen molar-refractivity contribution >= 4 is 46.7 Å². The number of pyridine rings is 1. The molecule has 6 N–H and O–H groups in total. The zero-order valence-electron chi connectivity index (χ0n) is 15.3. The van der Waals surface area contributed by atoms with Gasteiger partial charge in [0.1, 0.15) is 0 Å². The summed E-state index contributed by atoms with van der Waals surface area (Å²) in [7, 11) is 0. The highest BCUT2D eigenvalue weighted by atomic mass is 35.5. The number of amides is 3. The van der Waals surface area contributed by atoms with Crippen LogP contribution in [-0.2, 0) is 9.67 Å². The van der Waals surface area contributed by atoms with Gasteiger partial charge < -0.3 is 27.0 Å². The van der Waals surface area contributed by atoms with Gasteiger partial charge in [-0.2, -0.15) is 0 Å². The van der Waals surface area contributed by atoms with Gasteiger partial charge >= 0.3 is 6.03 Å². The zero-order chi connectivity index (χ0) is 20.6. The number of nitrogens with zero attached hydrogens (tertiary/aromatic N) is 2. The maximum atomic E-state index is 12.6. The third kappa shape index (κ3) is 3.58. The van der Waals surface area contributed by atoms with Gasteiger partial charge in [-0.05, 0) is 30.3 Å². The van der Waals surface area contributed by atoms with Crippen LogP contribution in [0.5, 0.6) is 0 Å². The maximum Gasteiger partial charge on any atom is 0.322 e. The van der Waals surface area contributed by atoms with Crippen LogP contribution in [-0.4, -0.2) is 34.9 Å². The number of rotatable bonds is 3. The summed E-state index contributed by atoms with van der Waals surface area (Å²) in [5, 5.41) is 6.54. The monoisotopic (exact) mass is 430 g/mol. The topological polar surface area (TPSA) is 126 Å². The Hall–Kier alpha value is -2.91. The molecule has 0 fully saturated rings. The van der Waals surface area contributed by atoms with E-state index in [4.69, 9.17) is 23.1 Å². The van der Waals surface area contributed by atoms with Crippen molar-refractivity contribution in [1.82, 2.24) is 15.2 Å². The predicted molar refractivity (Wildman–Crippen MR) is 114 cm³/mol. The second kappa shape index (κ2) is 7.49. The van der Waals surface area contributed by atoms with Crippen LogP contribution in [0, 0.1) is 0 Å². The number of nitrogen functional groups attached to an aromatic ring is 1. The summed E-state index contributed by atoms with van der Waals surface area (Å²) in [6, 6.07) is 8.24. The lowest BCUT2D eigenvalue weighted by atomic mass is 10.0. The van der Waals surface area contributed by atoms with Crippen LogP contribution in [0.15, 0.2) is 53.3 Å². The molecule has 0 saturated heterocycles. The van der Waals surface area contributed by atoms with E-state index >= 15 is 0 Å². The number of carbonyl (C=O) groups is 2. The minimum Gasteiger partial charge on any atom is -0.398 e.